The number of aryl methyl sites for hydroxylation is 1. The third-order valence-electron chi connectivity index (χ3n) is 4.05. The van der Waals surface area contributed by atoms with E-state index >= 15 is 0 Å². The van der Waals surface area contributed by atoms with Gasteiger partial charge in [0.15, 0.2) is 12.1 Å². The number of benzene rings is 1. The number of aromatic nitrogens is 1. The fraction of sp³-hybridized carbons (Fsp3) is 0.375. The molecule has 0 spiro atoms. The van der Waals surface area contributed by atoms with Crippen LogP contribution in [0.15, 0.2) is 35.1 Å². The Morgan fingerprint density at radius 3 is 3.00 bits per heavy atom. The average molecular weight is 288 g/mol. The monoisotopic (exact) mass is 288 g/mol. The number of rotatable bonds is 3. The van der Waals surface area contributed by atoms with Crippen LogP contribution in [0.1, 0.15) is 47.0 Å². The zero-order valence-electron chi connectivity index (χ0n) is 11.8. The van der Waals surface area contributed by atoms with Gasteiger partial charge in [-0.3, -0.25) is 4.79 Å². The molecule has 1 aromatic heterocycles. The van der Waals surface area contributed by atoms with Crippen LogP contribution >= 0.6 is 0 Å². The minimum absolute atomic E-state index is 0.0990. The Hall–Kier alpha value is -2.17. The van der Waals surface area contributed by atoms with E-state index in [0.717, 1.165) is 24.8 Å². The smallest absolute Gasteiger partial charge is 0.273 e. The minimum Gasteiger partial charge on any atom is -0.448 e. The van der Waals surface area contributed by atoms with Crippen LogP contribution in [0.5, 0.6) is 0 Å². The first-order chi connectivity index (χ1) is 10.1. The first kappa shape index (κ1) is 13.8. The highest BCUT2D eigenvalue weighted by Crippen LogP contribution is 2.34. The second-order valence-corrected chi connectivity index (χ2v) is 5.49. The van der Waals surface area contributed by atoms with Crippen molar-refractivity contribution in [1.82, 2.24) is 10.3 Å². The van der Waals surface area contributed by atoms with E-state index in [9.17, 15) is 9.18 Å². The molecule has 0 bridgehead atoms. The summed E-state index contributed by atoms with van der Waals surface area (Å²) in [7, 11) is 0. The molecule has 3 rings (SSSR count). The predicted molar refractivity (Wildman–Crippen MR) is 75.5 cm³/mol. The van der Waals surface area contributed by atoms with Gasteiger partial charge in [0.05, 0.1) is 0 Å². The van der Waals surface area contributed by atoms with Gasteiger partial charge in [0.1, 0.15) is 11.6 Å². The summed E-state index contributed by atoms with van der Waals surface area (Å²) in [6, 6.07) is 6.80. The van der Waals surface area contributed by atoms with Gasteiger partial charge in [0.2, 0.25) is 0 Å². The van der Waals surface area contributed by atoms with Crippen molar-refractivity contribution < 1.29 is 13.6 Å². The summed E-state index contributed by atoms with van der Waals surface area (Å²) in [5.41, 5.74) is 1.34. The highest BCUT2D eigenvalue weighted by Gasteiger charge is 2.28. The van der Waals surface area contributed by atoms with Crippen LogP contribution in [-0.2, 0) is 0 Å². The highest BCUT2D eigenvalue weighted by atomic mass is 19.1. The number of nitrogens with zero attached hydrogens (tertiary/aromatic N) is 1. The molecular formula is C16H17FN2O2. The van der Waals surface area contributed by atoms with E-state index in [2.05, 4.69) is 10.3 Å². The van der Waals surface area contributed by atoms with E-state index in [1.165, 1.54) is 12.5 Å². The fourth-order valence-electron chi connectivity index (χ4n) is 2.95. The van der Waals surface area contributed by atoms with Crippen molar-refractivity contribution in [2.75, 3.05) is 0 Å². The summed E-state index contributed by atoms with van der Waals surface area (Å²) in [5.74, 6) is 0.404. The number of halogens is 1. The summed E-state index contributed by atoms with van der Waals surface area (Å²) in [5, 5.41) is 2.98. The molecule has 0 saturated heterocycles. The van der Waals surface area contributed by atoms with Crippen molar-refractivity contribution >= 4 is 5.91 Å². The van der Waals surface area contributed by atoms with E-state index in [0.29, 0.717) is 17.4 Å². The van der Waals surface area contributed by atoms with Gasteiger partial charge < -0.3 is 9.73 Å². The molecule has 110 valence electrons. The maximum Gasteiger partial charge on any atom is 0.273 e. The lowest BCUT2D eigenvalue weighted by atomic mass is 9.97. The topological polar surface area (TPSA) is 55.1 Å². The largest absolute Gasteiger partial charge is 0.448 e. The van der Waals surface area contributed by atoms with Crippen molar-refractivity contribution in [1.29, 1.82) is 0 Å². The molecule has 1 amide bonds. The molecule has 21 heavy (non-hydrogen) atoms. The molecule has 1 heterocycles. The highest BCUT2D eigenvalue weighted by molar-refractivity contribution is 5.93. The van der Waals surface area contributed by atoms with Crippen molar-refractivity contribution in [3.05, 3.63) is 53.5 Å². The first-order valence-corrected chi connectivity index (χ1v) is 7.10. The number of nitrogens with one attached hydrogen (secondary N) is 1. The standard InChI is InChI=1S/C16H17FN2O2/c1-10-15(18-9-21-10)16(20)19-14-6-5-12(8-14)11-3-2-4-13(17)7-11/h2-4,7,9,12,14H,5-6,8H2,1H3,(H,19,20)/t12-,14+/m1/s1. The lowest BCUT2D eigenvalue weighted by Gasteiger charge is -2.13. The van der Waals surface area contributed by atoms with E-state index in [1.807, 2.05) is 6.07 Å². The molecule has 0 aliphatic heterocycles. The van der Waals surface area contributed by atoms with Crippen molar-refractivity contribution in [3.63, 3.8) is 0 Å². The lowest BCUT2D eigenvalue weighted by Crippen LogP contribution is -2.33. The van der Waals surface area contributed by atoms with Gasteiger partial charge in [-0.25, -0.2) is 9.37 Å². The van der Waals surface area contributed by atoms with Gasteiger partial charge in [-0.2, -0.15) is 0 Å². The molecule has 4 nitrogen and oxygen atoms in total. The first-order valence-electron chi connectivity index (χ1n) is 7.10. The Bertz CT molecular complexity index is 653. The maximum atomic E-state index is 13.3. The third-order valence-corrected chi connectivity index (χ3v) is 4.05. The Morgan fingerprint density at radius 2 is 2.29 bits per heavy atom. The van der Waals surface area contributed by atoms with Crippen molar-refractivity contribution in [2.24, 2.45) is 0 Å². The zero-order valence-corrected chi connectivity index (χ0v) is 11.8. The van der Waals surface area contributed by atoms with Crippen LogP contribution in [0.4, 0.5) is 4.39 Å². The maximum absolute atomic E-state index is 13.3. The molecule has 1 aliphatic rings. The van der Waals surface area contributed by atoms with E-state index in [1.54, 1.807) is 19.1 Å². The minimum atomic E-state index is -0.210. The number of oxazole rings is 1. The Labute approximate surface area is 122 Å². The summed E-state index contributed by atoms with van der Waals surface area (Å²) >= 11 is 0. The van der Waals surface area contributed by atoms with Crippen molar-refractivity contribution in [3.8, 4) is 0 Å². The number of hydrogen-bond acceptors (Lipinski definition) is 3. The third kappa shape index (κ3) is 2.96. The molecule has 1 aromatic carbocycles. The quantitative estimate of drug-likeness (QED) is 0.943. The second kappa shape index (κ2) is 5.68. The summed E-state index contributed by atoms with van der Waals surface area (Å²) in [6.07, 6.45) is 3.94. The molecule has 2 atom stereocenters. The summed E-state index contributed by atoms with van der Waals surface area (Å²) < 4.78 is 18.3. The zero-order chi connectivity index (χ0) is 14.8. The van der Waals surface area contributed by atoms with Crippen LogP contribution in [-0.4, -0.2) is 16.9 Å². The van der Waals surface area contributed by atoms with Gasteiger partial charge in [-0.1, -0.05) is 12.1 Å². The SMILES string of the molecule is Cc1ocnc1C(=O)N[C@H]1CC[C@@H](c2cccc(F)c2)C1. The number of carbonyl (C=O) groups is 1. The summed E-state index contributed by atoms with van der Waals surface area (Å²) in [6.45, 7) is 1.71. The van der Waals surface area contributed by atoms with Gasteiger partial charge in [-0.15, -0.1) is 0 Å². The molecule has 0 radical (unpaired) electrons. The van der Waals surface area contributed by atoms with E-state index < -0.39 is 0 Å². The molecule has 1 aliphatic carbocycles. The van der Waals surface area contributed by atoms with Crippen LogP contribution in [0.25, 0.3) is 0 Å². The van der Waals surface area contributed by atoms with Gasteiger partial charge in [-0.05, 0) is 49.8 Å². The lowest BCUT2D eigenvalue weighted by molar-refractivity contribution is 0.0931. The molecule has 1 N–H and O–H groups in total. The molecule has 1 saturated carbocycles. The molecule has 5 heteroatoms. The molecule has 1 fully saturated rings. The van der Waals surface area contributed by atoms with Gasteiger partial charge in [0, 0.05) is 6.04 Å². The second-order valence-electron chi connectivity index (χ2n) is 5.49. The Kier molecular flexibility index (Phi) is 3.73. The normalized spacial score (nSPS) is 21.4. The number of carbonyl (C=O) groups excluding carboxylic acids is 1. The van der Waals surface area contributed by atoms with Gasteiger partial charge >= 0.3 is 0 Å². The van der Waals surface area contributed by atoms with Gasteiger partial charge in [0.25, 0.3) is 5.91 Å². The van der Waals surface area contributed by atoms with E-state index in [-0.39, 0.29) is 17.8 Å². The molecule has 0 unspecified atom stereocenters. The average Bonchev–Trinajstić information content (AvgIpc) is 3.08. The van der Waals surface area contributed by atoms with E-state index in [4.69, 9.17) is 4.42 Å². The Morgan fingerprint density at radius 1 is 1.43 bits per heavy atom. The number of amides is 1. The molecule has 2 aromatic rings. The van der Waals surface area contributed by atoms with Crippen LogP contribution in [0, 0.1) is 12.7 Å². The van der Waals surface area contributed by atoms with Crippen LogP contribution < -0.4 is 5.32 Å². The van der Waals surface area contributed by atoms with Crippen molar-refractivity contribution in [2.45, 2.75) is 38.1 Å². The van der Waals surface area contributed by atoms with Crippen LogP contribution in [0.2, 0.25) is 0 Å². The molecular weight excluding hydrogens is 271 g/mol. The summed E-state index contributed by atoms with van der Waals surface area (Å²) in [4.78, 5) is 16.0. The fourth-order valence-corrected chi connectivity index (χ4v) is 2.95. The van der Waals surface area contributed by atoms with Crippen LogP contribution in [0.3, 0.4) is 0 Å². The predicted octanol–water partition coefficient (Wildman–Crippen LogP) is 3.19. The number of hydrogen-bond donors (Lipinski definition) is 1. The Balaban J connectivity index is 1.63.